The summed E-state index contributed by atoms with van der Waals surface area (Å²) in [4.78, 5) is 41.2. The van der Waals surface area contributed by atoms with Gasteiger partial charge in [0, 0.05) is 24.4 Å². The number of nitrogens with zero attached hydrogens (tertiary/aromatic N) is 2. The minimum absolute atomic E-state index is 0.0892. The molecular weight excluding hydrogens is 687 g/mol. The van der Waals surface area contributed by atoms with Gasteiger partial charge in [0.1, 0.15) is 17.6 Å². The third kappa shape index (κ3) is 9.10. The van der Waals surface area contributed by atoms with Gasteiger partial charge in [0.05, 0.1) is 30.7 Å². The van der Waals surface area contributed by atoms with Gasteiger partial charge in [0.15, 0.2) is 0 Å². The Bertz CT molecular complexity index is 1830. The number of alkyl halides is 6. The molecule has 0 saturated carbocycles. The Kier molecular flexibility index (Phi) is 11.9. The van der Waals surface area contributed by atoms with Crippen LogP contribution in [0.15, 0.2) is 41.3 Å². The summed E-state index contributed by atoms with van der Waals surface area (Å²) in [7, 11) is 1.36. The first-order valence-electron chi connectivity index (χ1n) is 16.3. The molecule has 1 aliphatic rings. The monoisotopic (exact) mass is 727 g/mol. The second-order valence-electron chi connectivity index (χ2n) is 13.2. The Labute approximate surface area is 290 Å². The van der Waals surface area contributed by atoms with Gasteiger partial charge >= 0.3 is 18.3 Å². The third-order valence-electron chi connectivity index (χ3n) is 9.06. The molecule has 1 amide bonds. The highest BCUT2D eigenvalue weighted by Crippen LogP contribution is 2.41. The van der Waals surface area contributed by atoms with E-state index in [1.54, 1.807) is 39.8 Å². The van der Waals surface area contributed by atoms with Crippen LogP contribution >= 0.6 is 0 Å². The first-order chi connectivity index (χ1) is 23.7. The molecule has 51 heavy (non-hydrogen) atoms. The van der Waals surface area contributed by atoms with Crippen molar-refractivity contribution >= 4 is 11.9 Å². The maximum atomic E-state index is 15.9. The molecule has 2 heterocycles. The molecule has 0 radical (unpaired) electrons. The van der Waals surface area contributed by atoms with Crippen molar-refractivity contribution in [2.45, 2.75) is 77.8 Å². The molecule has 8 nitrogen and oxygen atoms in total. The lowest BCUT2D eigenvalue weighted by Crippen LogP contribution is -2.41. The smallest absolute Gasteiger partial charge is 0.419 e. The lowest BCUT2D eigenvalue weighted by Gasteiger charge is -2.31. The van der Waals surface area contributed by atoms with Crippen molar-refractivity contribution in [3.63, 3.8) is 0 Å². The molecule has 1 aromatic heterocycles. The van der Waals surface area contributed by atoms with Crippen molar-refractivity contribution in [3.8, 4) is 16.9 Å². The first-order valence-corrected chi connectivity index (χ1v) is 16.3. The van der Waals surface area contributed by atoms with Crippen LogP contribution in [0, 0.1) is 25.6 Å². The van der Waals surface area contributed by atoms with Gasteiger partial charge in [-0.3, -0.25) is 14.4 Å². The Hall–Kier alpha value is -4.40. The van der Waals surface area contributed by atoms with E-state index >= 15 is 4.39 Å². The molecule has 15 heteroatoms. The topological polar surface area (TPSA) is 101 Å². The maximum Gasteiger partial charge on any atom is 0.419 e. The molecule has 4 rings (SSSR count). The van der Waals surface area contributed by atoms with Gasteiger partial charge in [0.2, 0.25) is 5.91 Å². The highest BCUT2D eigenvalue weighted by atomic mass is 19.4. The average Bonchev–Trinajstić information content (AvgIpc) is 2.98. The number of aromatic nitrogens is 1. The number of hydrogen-bond donors (Lipinski definition) is 2. The number of methoxy groups -OCH3 is 1. The van der Waals surface area contributed by atoms with Gasteiger partial charge < -0.3 is 24.6 Å². The van der Waals surface area contributed by atoms with Crippen molar-refractivity contribution in [2.75, 3.05) is 26.7 Å². The second kappa shape index (κ2) is 15.5. The number of hydrogen-bond acceptors (Lipinski definition) is 5. The molecule has 0 spiro atoms. The van der Waals surface area contributed by atoms with Crippen LogP contribution in [0.25, 0.3) is 11.1 Å². The predicted octanol–water partition coefficient (Wildman–Crippen LogP) is 7.49. The molecule has 1 fully saturated rings. The standard InChI is InChI=1S/C36H40F7N3O5/c1-19(2)13-28(46-18-22(9-12-45-10-6-11-45)25(16-30(46)47)35(38,39)40)34(50)44-27(17-31(48)49)24-14-23(15-26(33(24)37)36(41,42)43)32-20(3)7-8-29(51-5)21(32)4/h7-8,14-16,18-19,27-28H,6,9-13,17H2,1-5H3,(H,44,50)(H,48,49)/t27-,28?/m0/s1. The molecule has 2 N–H and O–H groups in total. The fraction of sp³-hybridized carbons (Fsp3) is 0.472. The zero-order valence-corrected chi connectivity index (χ0v) is 28.8. The van der Waals surface area contributed by atoms with E-state index in [0.29, 0.717) is 42.1 Å². The SMILES string of the molecule is COc1ccc(C)c(-c2cc([C@H](CC(=O)O)NC(=O)C(CC(C)C)n3cc(CCN4CCC4)c(C(F)(F)F)cc3=O)c(F)c(C(F)(F)F)c2)c1C. The number of likely N-dealkylation sites (tertiary alicyclic amines) is 1. The largest absolute Gasteiger partial charge is 0.496 e. The summed E-state index contributed by atoms with van der Waals surface area (Å²) in [5.41, 5.74) is -3.98. The van der Waals surface area contributed by atoms with Crippen LogP contribution in [0.4, 0.5) is 30.7 Å². The lowest BCUT2D eigenvalue weighted by molar-refractivity contribution is -0.140. The van der Waals surface area contributed by atoms with E-state index in [2.05, 4.69) is 5.32 Å². The molecule has 0 bridgehead atoms. The molecule has 2 aromatic carbocycles. The molecule has 278 valence electrons. The summed E-state index contributed by atoms with van der Waals surface area (Å²) < 4.78 is 107. The van der Waals surface area contributed by atoms with E-state index < -0.39 is 70.8 Å². The normalized spacial score (nSPS) is 15.0. The molecule has 1 aliphatic heterocycles. The van der Waals surface area contributed by atoms with Gasteiger partial charge in [-0.15, -0.1) is 0 Å². The number of pyridine rings is 1. The van der Waals surface area contributed by atoms with E-state index in [1.165, 1.54) is 7.11 Å². The zero-order valence-electron chi connectivity index (χ0n) is 28.8. The number of ether oxygens (including phenoxy) is 1. The van der Waals surface area contributed by atoms with E-state index in [1.807, 2.05) is 4.90 Å². The first kappa shape index (κ1) is 39.4. The number of nitrogens with one attached hydrogen (secondary N) is 1. The summed E-state index contributed by atoms with van der Waals surface area (Å²) in [6.07, 6.45) is -9.52. The number of halogens is 7. The summed E-state index contributed by atoms with van der Waals surface area (Å²) >= 11 is 0. The number of aliphatic carboxylic acids is 1. The van der Waals surface area contributed by atoms with Crippen molar-refractivity contribution in [3.05, 3.63) is 86.1 Å². The summed E-state index contributed by atoms with van der Waals surface area (Å²) in [5.74, 6) is -4.50. The Balaban J connectivity index is 1.86. The highest BCUT2D eigenvalue weighted by molar-refractivity contribution is 5.82. The minimum Gasteiger partial charge on any atom is -0.496 e. The van der Waals surface area contributed by atoms with Crippen molar-refractivity contribution in [1.29, 1.82) is 0 Å². The number of aryl methyl sites for hydroxylation is 1. The van der Waals surface area contributed by atoms with Gasteiger partial charge in [0.25, 0.3) is 5.56 Å². The summed E-state index contributed by atoms with van der Waals surface area (Å²) in [6, 6.07) is 1.82. The number of carboxylic acids is 1. The lowest BCUT2D eigenvalue weighted by atomic mass is 9.89. The van der Waals surface area contributed by atoms with E-state index in [4.69, 9.17) is 4.74 Å². The van der Waals surface area contributed by atoms with Crippen LogP contribution in [0.5, 0.6) is 5.75 Å². The number of amides is 1. The van der Waals surface area contributed by atoms with Crippen LogP contribution in [0.2, 0.25) is 0 Å². The summed E-state index contributed by atoms with van der Waals surface area (Å²) in [6.45, 7) is 8.23. The fourth-order valence-electron chi connectivity index (χ4n) is 6.40. The quantitative estimate of drug-likeness (QED) is 0.177. The molecule has 0 aliphatic carbocycles. The number of carbonyl (C=O) groups is 2. The molecule has 1 saturated heterocycles. The Morgan fingerprint density at radius 2 is 1.65 bits per heavy atom. The van der Waals surface area contributed by atoms with E-state index in [-0.39, 0.29) is 42.0 Å². The van der Waals surface area contributed by atoms with Crippen LogP contribution in [0.3, 0.4) is 0 Å². The predicted molar refractivity (Wildman–Crippen MR) is 175 cm³/mol. The van der Waals surface area contributed by atoms with E-state index in [0.717, 1.165) is 23.3 Å². The number of carboxylic acid groups (broad SMARTS) is 1. The van der Waals surface area contributed by atoms with Crippen molar-refractivity contribution in [1.82, 2.24) is 14.8 Å². The number of rotatable bonds is 13. The van der Waals surface area contributed by atoms with E-state index in [9.17, 15) is 45.8 Å². The van der Waals surface area contributed by atoms with Gasteiger partial charge in [-0.05, 0) is 98.1 Å². The molecular formula is C36H40F7N3O5. The second-order valence-corrected chi connectivity index (χ2v) is 13.2. The average molecular weight is 728 g/mol. The van der Waals surface area contributed by atoms with Crippen molar-refractivity contribution < 1.29 is 50.2 Å². The molecule has 3 aromatic rings. The Morgan fingerprint density at radius 1 is 1.00 bits per heavy atom. The highest BCUT2D eigenvalue weighted by Gasteiger charge is 2.39. The van der Waals surface area contributed by atoms with Gasteiger partial charge in [-0.1, -0.05) is 19.9 Å². The van der Waals surface area contributed by atoms with Crippen LogP contribution in [0.1, 0.15) is 78.6 Å². The molecule has 1 unspecified atom stereocenters. The van der Waals surface area contributed by atoms with Crippen LogP contribution < -0.4 is 15.6 Å². The zero-order chi connectivity index (χ0) is 38.0. The summed E-state index contributed by atoms with van der Waals surface area (Å²) in [5, 5.41) is 12.1. The van der Waals surface area contributed by atoms with Crippen LogP contribution in [-0.2, 0) is 28.4 Å². The molecule has 2 atom stereocenters. The maximum absolute atomic E-state index is 15.9. The van der Waals surface area contributed by atoms with Crippen LogP contribution in [-0.4, -0.2) is 53.2 Å². The third-order valence-corrected chi connectivity index (χ3v) is 9.06. The minimum atomic E-state index is -5.23. The fourth-order valence-corrected chi connectivity index (χ4v) is 6.40. The Morgan fingerprint density at radius 3 is 2.18 bits per heavy atom. The number of carbonyl (C=O) groups excluding carboxylic acids is 1. The van der Waals surface area contributed by atoms with Gasteiger partial charge in [-0.2, -0.15) is 26.3 Å². The number of benzene rings is 2. The van der Waals surface area contributed by atoms with Crippen molar-refractivity contribution in [2.24, 2.45) is 5.92 Å². The van der Waals surface area contributed by atoms with Gasteiger partial charge in [-0.25, -0.2) is 4.39 Å².